The molecule has 11 heteroatoms. The maximum absolute atomic E-state index is 12.7. The molecule has 0 amide bonds. The summed E-state index contributed by atoms with van der Waals surface area (Å²) in [5.74, 6) is 0. The minimum Gasteiger partial charge on any atom is -0.391 e. The van der Waals surface area contributed by atoms with Gasteiger partial charge in [0.1, 0.15) is 0 Å². The quantitative estimate of drug-likeness (QED) is 0.588. The highest BCUT2D eigenvalue weighted by Gasteiger charge is 2.33. The summed E-state index contributed by atoms with van der Waals surface area (Å²) in [5.41, 5.74) is -0.0757. The third-order valence-electron chi connectivity index (χ3n) is 4.55. The Morgan fingerprint density at radius 2 is 1.75 bits per heavy atom. The van der Waals surface area contributed by atoms with Crippen LogP contribution >= 0.6 is 0 Å². The highest BCUT2D eigenvalue weighted by Crippen LogP contribution is 2.23. The summed E-state index contributed by atoms with van der Waals surface area (Å²) < 4.78 is 56.3. The van der Waals surface area contributed by atoms with Crippen LogP contribution in [0.5, 0.6) is 0 Å². The molecule has 1 heterocycles. The van der Waals surface area contributed by atoms with E-state index in [0.717, 1.165) is 6.07 Å². The number of anilines is 1. The molecule has 3 N–H and O–H groups in total. The van der Waals surface area contributed by atoms with Crippen molar-refractivity contribution in [3.8, 4) is 0 Å². The summed E-state index contributed by atoms with van der Waals surface area (Å²) in [6.07, 6.45) is 1.68. The van der Waals surface area contributed by atoms with Crippen LogP contribution in [-0.4, -0.2) is 38.7 Å². The fraction of sp³-hybridized carbons (Fsp3) is 0.353. The van der Waals surface area contributed by atoms with E-state index in [4.69, 9.17) is 0 Å². The highest BCUT2D eigenvalue weighted by molar-refractivity contribution is 7.93. The normalized spacial score (nSPS) is 19.8. The molecule has 9 nitrogen and oxygen atoms in total. The summed E-state index contributed by atoms with van der Waals surface area (Å²) in [6, 6.07) is 6.94. The number of sulfonamides is 2. The Kier molecular flexibility index (Phi) is 5.62. The van der Waals surface area contributed by atoms with Crippen LogP contribution in [0, 0.1) is 0 Å². The molecular weight excluding hydrogens is 406 g/mol. The molecule has 0 radical (unpaired) electrons. The maximum Gasteiger partial charge on any atom is 0.261 e. The molecule has 1 aliphatic carbocycles. The van der Waals surface area contributed by atoms with Crippen LogP contribution in [0.4, 0.5) is 5.69 Å². The maximum atomic E-state index is 12.7. The van der Waals surface area contributed by atoms with E-state index in [-0.39, 0.29) is 21.0 Å². The third kappa shape index (κ3) is 4.27. The van der Waals surface area contributed by atoms with Crippen molar-refractivity contribution in [2.24, 2.45) is 0 Å². The molecule has 2 aromatic rings. The van der Waals surface area contributed by atoms with Gasteiger partial charge in [0.05, 0.1) is 21.6 Å². The van der Waals surface area contributed by atoms with E-state index in [0.29, 0.717) is 19.4 Å². The summed E-state index contributed by atoms with van der Waals surface area (Å²) in [6.45, 7) is 2.13. The first-order valence-corrected chi connectivity index (χ1v) is 11.6. The van der Waals surface area contributed by atoms with Crippen molar-refractivity contribution in [3.05, 3.63) is 52.9 Å². The van der Waals surface area contributed by atoms with Gasteiger partial charge in [0, 0.05) is 24.8 Å². The lowest BCUT2D eigenvalue weighted by atomic mass is 9.90. The Bertz CT molecular complexity index is 1140. The first-order chi connectivity index (χ1) is 13.1. The van der Waals surface area contributed by atoms with Crippen molar-refractivity contribution in [1.82, 2.24) is 9.29 Å². The zero-order chi connectivity index (χ0) is 20.5. The standard InChI is InChI=1S/C17H21N3O6S2/c1-2-20-11-12(6-9-17(20)22)18-27(23,24)13-4-3-5-14(10-13)28(25,26)19-15-7-8-16(15)21/h3-6,9-11,15-16,18-19,21H,2,7-8H2,1H3/t15-,16-/m1/s1. The van der Waals surface area contributed by atoms with Gasteiger partial charge in [-0.2, -0.15) is 0 Å². The molecule has 0 unspecified atom stereocenters. The van der Waals surface area contributed by atoms with Crippen LogP contribution in [0.15, 0.2) is 57.2 Å². The predicted molar refractivity (Wildman–Crippen MR) is 103 cm³/mol. The Balaban J connectivity index is 1.87. The van der Waals surface area contributed by atoms with Crippen molar-refractivity contribution in [3.63, 3.8) is 0 Å². The molecule has 3 rings (SSSR count). The number of benzene rings is 1. The zero-order valence-electron chi connectivity index (χ0n) is 15.1. The van der Waals surface area contributed by atoms with Gasteiger partial charge in [-0.15, -0.1) is 0 Å². The van der Waals surface area contributed by atoms with Crippen molar-refractivity contribution in [2.45, 2.75) is 48.2 Å². The van der Waals surface area contributed by atoms with E-state index in [1.807, 2.05) is 0 Å². The average Bonchev–Trinajstić information content (AvgIpc) is 2.66. The Morgan fingerprint density at radius 1 is 1.07 bits per heavy atom. The van der Waals surface area contributed by atoms with E-state index in [1.165, 1.54) is 41.1 Å². The van der Waals surface area contributed by atoms with Gasteiger partial charge in [0.2, 0.25) is 10.0 Å². The minimum atomic E-state index is -4.07. The summed E-state index contributed by atoms with van der Waals surface area (Å²) in [5, 5.41) is 9.57. The predicted octanol–water partition coefficient (Wildman–Crippen LogP) is 0.471. The first-order valence-electron chi connectivity index (χ1n) is 8.66. The third-order valence-corrected chi connectivity index (χ3v) is 7.41. The molecule has 28 heavy (non-hydrogen) atoms. The number of aryl methyl sites for hydroxylation is 1. The summed E-state index contributed by atoms with van der Waals surface area (Å²) in [7, 11) is -8.04. The monoisotopic (exact) mass is 427 g/mol. The molecule has 1 fully saturated rings. The number of aliphatic hydroxyl groups is 1. The van der Waals surface area contributed by atoms with Gasteiger partial charge in [0.15, 0.2) is 0 Å². The fourth-order valence-electron chi connectivity index (χ4n) is 2.75. The van der Waals surface area contributed by atoms with Crippen LogP contribution in [0.25, 0.3) is 0 Å². The Hall–Kier alpha value is -2.21. The molecule has 1 aromatic heterocycles. The smallest absolute Gasteiger partial charge is 0.261 e. The van der Waals surface area contributed by atoms with Crippen molar-refractivity contribution in [1.29, 1.82) is 0 Å². The highest BCUT2D eigenvalue weighted by atomic mass is 32.2. The van der Waals surface area contributed by atoms with E-state index >= 15 is 0 Å². The van der Waals surface area contributed by atoms with Gasteiger partial charge < -0.3 is 9.67 Å². The van der Waals surface area contributed by atoms with Gasteiger partial charge in [0.25, 0.3) is 15.6 Å². The second-order valence-electron chi connectivity index (χ2n) is 6.49. The molecule has 1 saturated carbocycles. The largest absolute Gasteiger partial charge is 0.391 e. The van der Waals surface area contributed by atoms with E-state index in [2.05, 4.69) is 9.44 Å². The number of nitrogens with one attached hydrogen (secondary N) is 2. The molecule has 2 atom stereocenters. The number of rotatable bonds is 7. The number of aromatic nitrogens is 1. The SMILES string of the molecule is CCn1cc(NS(=O)(=O)c2cccc(S(=O)(=O)N[C@@H]3CC[C@H]3O)c2)ccc1=O. The molecule has 0 aliphatic heterocycles. The molecule has 0 bridgehead atoms. The first kappa shape index (κ1) is 20.5. The molecule has 0 spiro atoms. The number of nitrogens with zero attached hydrogens (tertiary/aromatic N) is 1. The van der Waals surface area contributed by atoms with Gasteiger partial charge in [-0.05, 0) is 44.0 Å². The van der Waals surface area contributed by atoms with E-state index in [1.54, 1.807) is 6.92 Å². The van der Waals surface area contributed by atoms with Crippen molar-refractivity contribution in [2.75, 3.05) is 4.72 Å². The van der Waals surface area contributed by atoms with Crippen LogP contribution in [0.1, 0.15) is 19.8 Å². The van der Waals surface area contributed by atoms with Crippen molar-refractivity contribution < 1.29 is 21.9 Å². The lowest BCUT2D eigenvalue weighted by molar-refractivity contribution is 0.0612. The summed E-state index contributed by atoms with van der Waals surface area (Å²) >= 11 is 0. The Morgan fingerprint density at radius 3 is 2.32 bits per heavy atom. The number of hydrogen-bond acceptors (Lipinski definition) is 6. The fourth-order valence-corrected chi connectivity index (χ4v) is 5.26. The topological polar surface area (TPSA) is 135 Å². The molecular formula is C17H21N3O6S2. The molecule has 1 aromatic carbocycles. The zero-order valence-corrected chi connectivity index (χ0v) is 16.7. The van der Waals surface area contributed by atoms with Crippen LogP contribution in [0.3, 0.4) is 0 Å². The number of aliphatic hydroxyl groups excluding tert-OH is 1. The van der Waals surface area contributed by atoms with Gasteiger partial charge in [-0.3, -0.25) is 9.52 Å². The number of hydrogen-bond donors (Lipinski definition) is 3. The Labute approximate surface area is 163 Å². The minimum absolute atomic E-state index is 0.186. The van der Waals surface area contributed by atoms with Crippen LogP contribution in [-0.2, 0) is 26.6 Å². The second-order valence-corrected chi connectivity index (χ2v) is 9.89. The lowest BCUT2D eigenvalue weighted by Crippen LogP contribution is -2.50. The van der Waals surface area contributed by atoms with Crippen LogP contribution in [0.2, 0.25) is 0 Å². The number of pyridine rings is 1. The van der Waals surface area contributed by atoms with E-state index in [9.17, 15) is 26.7 Å². The van der Waals surface area contributed by atoms with Crippen LogP contribution < -0.4 is 15.0 Å². The second kappa shape index (κ2) is 7.66. The lowest BCUT2D eigenvalue weighted by Gasteiger charge is -2.32. The van der Waals surface area contributed by atoms with Gasteiger partial charge in [-0.25, -0.2) is 21.6 Å². The molecule has 0 saturated heterocycles. The molecule has 152 valence electrons. The van der Waals surface area contributed by atoms with Gasteiger partial charge in [-0.1, -0.05) is 6.07 Å². The average molecular weight is 428 g/mol. The van der Waals surface area contributed by atoms with Gasteiger partial charge >= 0.3 is 0 Å². The molecule has 1 aliphatic rings. The van der Waals surface area contributed by atoms with Crippen molar-refractivity contribution >= 4 is 25.7 Å². The van der Waals surface area contributed by atoms with E-state index < -0.39 is 32.2 Å². The summed E-state index contributed by atoms with van der Waals surface area (Å²) in [4.78, 5) is 11.2.